The zero-order valence-corrected chi connectivity index (χ0v) is 24.7. The maximum Gasteiger partial charge on any atom is 0.269 e. The van der Waals surface area contributed by atoms with Gasteiger partial charge in [0.2, 0.25) is 5.13 Å². The predicted octanol–water partition coefficient (Wildman–Crippen LogP) is 5.19. The fourth-order valence-electron chi connectivity index (χ4n) is 3.70. The summed E-state index contributed by atoms with van der Waals surface area (Å²) in [5.41, 5.74) is 1.11. The minimum Gasteiger partial charge on any atom is -0.497 e. The van der Waals surface area contributed by atoms with Crippen molar-refractivity contribution in [2.24, 2.45) is 5.92 Å². The first-order valence-electron chi connectivity index (χ1n) is 12.1. The second-order valence-electron chi connectivity index (χ2n) is 10.3. The lowest BCUT2D eigenvalue weighted by atomic mass is 9.86. The highest BCUT2D eigenvalue weighted by atomic mass is 32.2. The zero-order valence-electron chi connectivity index (χ0n) is 22.2. The van der Waals surface area contributed by atoms with E-state index in [0.29, 0.717) is 28.2 Å². The third-order valence-corrected chi connectivity index (χ3v) is 10.0. The molecule has 1 aliphatic rings. The molecule has 0 bridgehead atoms. The molecule has 0 unspecified atom stereocenters. The van der Waals surface area contributed by atoms with E-state index >= 15 is 0 Å². The van der Waals surface area contributed by atoms with Crippen LogP contribution in [0.5, 0.6) is 11.5 Å². The molecule has 1 aliphatic heterocycles. The summed E-state index contributed by atoms with van der Waals surface area (Å²) in [6.45, 7) is 10.2. The summed E-state index contributed by atoms with van der Waals surface area (Å²) in [6, 6.07) is 11.6. The number of rotatable bonds is 8. The average Bonchev–Trinajstić information content (AvgIpc) is 3.33. The molecule has 9 nitrogen and oxygen atoms in total. The van der Waals surface area contributed by atoms with E-state index in [4.69, 9.17) is 9.47 Å². The van der Waals surface area contributed by atoms with Crippen molar-refractivity contribution in [1.29, 1.82) is 0 Å². The molecule has 0 fully saturated rings. The van der Waals surface area contributed by atoms with Crippen molar-refractivity contribution in [2.75, 3.05) is 29.0 Å². The average molecular weight is 577 g/mol. The van der Waals surface area contributed by atoms with Gasteiger partial charge < -0.3 is 9.47 Å². The van der Waals surface area contributed by atoms with E-state index in [9.17, 15) is 13.2 Å². The maximum atomic E-state index is 13.8. The van der Waals surface area contributed by atoms with Crippen LogP contribution in [0, 0.1) is 5.92 Å². The molecule has 2 aromatic carbocycles. The van der Waals surface area contributed by atoms with Gasteiger partial charge in [0, 0.05) is 5.75 Å². The number of methoxy groups -OCH3 is 1. The smallest absolute Gasteiger partial charge is 0.269 e. The summed E-state index contributed by atoms with van der Waals surface area (Å²) in [5, 5.41) is 11.3. The number of aromatic nitrogens is 2. The molecule has 1 amide bonds. The van der Waals surface area contributed by atoms with Gasteiger partial charge in [-0.05, 0) is 53.3 Å². The zero-order chi connectivity index (χ0) is 27.7. The predicted molar refractivity (Wildman–Crippen MR) is 151 cm³/mol. The number of nitrogens with zero attached hydrogens (tertiary/aromatic N) is 3. The Morgan fingerprint density at radius 3 is 2.55 bits per heavy atom. The monoisotopic (exact) mass is 576 g/mol. The number of carbonyl (C=O) groups excluding carboxylic acids is 1. The van der Waals surface area contributed by atoms with E-state index in [1.807, 2.05) is 32.9 Å². The van der Waals surface area contributed by atoms with Crippen molar-refractivity contribution in [3.05, 3.63) is 48.0 Å². The number of nitrogens with one attached hydrogen (secondary N) is 1. The van der Waals surface area contributed by atoms with Crippen molar-refractivity contribution in [3.8, 4) is 11.5 Å². The lowest BCUT2D eigenvalue weighted by molar-refractivity contribution is -0.122. The van der Waals surface area contributed by atoms with Gasteiger partial charge in [-0.3, -0.25) is 14.4 Å². The molecular weight excluding hydrogens is 545 g/mol. The molecule has 4 rings (SSSR count). The Morgan fingerprint density at radius 2 is 1.92 bits per heavy atom. The molecule has 204 valence electrons. The van der Waals surface area contributed by atoms with Gasteiger partial charge in [-0.2, -0.15) is 0 Å². The molecule has 0 spiro atoms. The number of benzene rings is 2. The number of amides is 1. The molecule has 38 heavy (non-hydrogen) atoms. The Kier molecular flexibility index (Phi) is 8.24. The summed E-state index contributed by atoms with van der Waals surface area (Å²) in [5.74, 6) is 1.74. The van der Waals surface area contributed by atoms with Crippen LogP contribution in [0.3, 0.4) is 0 Å². The van der Waals surface area contributed by atoms with E-state index in [0.717, 1.165) is 15.7 Å². The van der Waals surface area contributed by atoms with Crippen molar-refractivity contribution < 1.29 is 22.7 Å². The molecule has 2 heterocycles. The Hall–Kier alpha value is -2.83. The van der Waals surface area contributed by atoms with Crippen LogP contribution in [0.2, 0.25) is 0 Å². The SMILES string of the molecule is COc1ccc(S(=O)(=O)N2C[C@H](C(=O)Nc3nnc(SCC(C)C)s3)Oc3ccc(C(C)(C)C)cc32)cc1. The van der Waals surface area contributed by atoms with Crippen LogP contribution in [0.15, 0.2) is 51.7 Å². The van der Waals surface area contributed by atoms with Crippen molar-refractivity contribution in [2.45, 2.75) is 55.4 Å². The quantitative estimate of drug-likeness (QED) is 0.288. The number of hydrogen-bond donors (Lipinski definition) is 1. The molecule has 0 radical (unpaired) electrons. The molecule has 0 aliphatic carbocycles. The van der Waals surface area contributed by atoms with Gasteiger partial charge in [0.25, 0.3) is 15.9 Å². The van der Waals surface area contributed by atoms with Crippen molar-refractivity contribution in [3.63, 3.8) is 0 Å². The van der Waals surface area contributed by atoms with Gasteiger partial charge in [0.05, 0.1) is 24.2 Å². The molecular formula is C26H32N4O5S3. The lowest BCUT2D eigenvalue weighted by Gasteiger charge is -2.35. The van der Waals surface area contributed by atoms with E-state index in [-0.39, 0.29) is 16.9 Å². The first kappa shape index (κ1) is 28.2. The molecule has 1 aromatic heterocycles. The first-order valence-corrected chi connectivity index (χ1v) is 15.4. The van der Waals surface area contributed by atoms with Crippen LogP contribution in [0.1, 0.15) is 40.2 Å². The topological polar surface area (TPSA) is 111 Å². The van der Waals surface area contributed by atoms with Crippen LogP contribution < -0.4 is 19.1 Å². The number of hydrogen-bond acceptors (Lipinski definition) is 9. The van der Waals surface area contributed by atoms with Gasteiger partial charge >= 0.3 is 0 Å². The second-order valence-corrected chi connectivity index (χ2v) is 14.4. The second kappa shape index (κ2) is 11.1. The van der Waals surface area contributed by atoms with Crippen LogP contribution in [0.25, 0.3) is 0 Å². The minimum atomic E-state index is -4.02. The number of carbonyl (C=O) groups is 1. The Labute approximate surface area is 232 Å². The molecule has 12 heteroatoms. The van der Waals surface area contributed by atoms with Gasteiger partial charge in [0.1, 0.15) is 11.5 Å². The van der Waals surface area contributed by atoms with E-state index in [2.05, 4.69) is 29.4 Å². The summed E-state index contributed by atoms with van der Waals surface area (Å²) >= 11 is 2.85. The highest BCUT2D eigenvalue weighted by Crippen LogP contribution is 2.40. The number of sulfonamides is 1. The van der Waals surface area contributed by atoms with Crippen LogP contribution in [-0.4, -0.2) is 50.0 Å². The number of ether oxygens (including phenoxy) is 2. The Morgan fingerprint density at radius 1 is 1.21 bits per heavy atom. The summed E-state index contributed by atoms with van der Waals surface area (Å²) < 4.78 is 40.9. The third-order valence-electron chi connectivity index (χ3n) is 5.81. The highest BCUT2D eigenvalue weighted by Gasteiger charge is 2.38. The number of anilines is 2. The summed E-state index contributed by atoms with van der Waals surface area (Å²) in [7, 11) is -2.51. The molecule has 3 aromatic rings. The standard InChI is InChI=1S/C26H32N4O5S3/c1-16(2)15-36-25-29-28-24(37-25)27-23(31)22-14-30(38(32,33)19-10-8-18(34-6)9-11-19)20-13-17(26(3,4)5)7-12-21(20)35-22/h7-13,16,22H,14-15H2,1-6H3,(H,27,28,31)/t22-/m1/s1. The van der Waals surface area contributed by atoms with Gasteiger partial charge in [-0.25, -0.2) is 8.42 Å². The number of thioether (sulfide) groups is 1. The molecule has 0 saturated heterocycles. The molecule has 1 N–H and O–H groups in total. The van der Waals surface area contributed by atoms with Crippen molar-refractivity contribution >= 4 is 49.8 Å². The summed E-state index contributed by atoms with van der Waals surface area (Å²) in [6.07, 6.45) is -1.09. The molecule has 0 saturated carbocycles. The van der Waals surface area contributed by atoms with E-state index in [1.54, 1.807) is 30.0 Å². The van der Waals surface area contributed by atoms with Crippen LogP contribution in [0.4, 0.5) is 10.8 Å². The van der Waals surface area contributed by atoms with E-state index in [1.165, 1.54) is 34.9 Å². The fraction of sp³-hybridized carbons (Fsp3) is 0.423. The number of fused-ring (bicyclic) bond motifs is 1. The molecule has 1 atom stereocenters. The highest BCUT2D eigenvalue weighted by molar-refractivity contribution is 8.01. The third kappa shape index (κ3) is 6.24. The van der Waals surface area contributed by atoms with Crippen molar-refractivity contribution in [1.82, 2.24) is 10.2 Å². The minimum absolute atomic E-state index is 0.0856. The van der Waals surface area contributed by atoms with E-state index < -0.39 is 22.0 Å². The fourth-order valence-corrected chi connectivity index (χ4v) is 6.90. The summed E-state index contributed by atoms with van der Waals surface area (Å²) in [4.78, 5) is 13.3. The Bertz CT molecular complexity index is 1400. The van der Waals surface area contributed by atoms with Gasteiger partial charge in [-0.15, -0.1) is 10.2 Å². The first-order chi connectivity index (χ1) is 17.9. The van der Waals surface area contributed by atoms with Gasteiger partial charge in [0.15, 0.2) is 10.4 Å². The largest absolute Gasteiger partial charge is 0.497 e. The maximum absolute atomic E-state index is 13.8. The normalized spacial score (nSPS) is 15.7. The van der Waals surface area contributed by atoms with Gasteiger partial charge in [-0.1, -0.05) is 63.8 Å². The van der Waals surface area contributed by atoms with Crippen LogP contribution in [-0.2, 0) is 20.2 Å². The lowest BCUT2D eigenvalue weighted by Crippen LogP contribution is -2.49. The Balaban J connectivity index is 1.65. The van der Waals surface area contributed by atoms with Crippen LogP contribution >= 0.6 is 23.1 Å².